The Labute approximate surface area is 141 Å². The van der Waals surface area contributed by atoms with Crippen molar-refractivity contribution in [3.63, 3.8) is 0 Å². The van der Waals surface area contributed by atoms with Crippen LogP contribution in [0.2, 0.25) is 0 Å². The highest BCUT2D eigenvalue weighted by atomic mass is 19.3. The minimum atomic E-state index is -2.63. The van der Waals surface area contributed by atoms with Gasteiger partial charge in [0.15, 0.2) is 11.5 Å². The van der Waals surface area contributed by atoms with Crippen molar-refractivity contribution in [2.24, 2.45) is 5.92 Å². The average molecular weight is 345 g/mol. The summed E-state index contributed by atoms with van der Waals surface area (Å²) in [5.41, 5.74) is 2.27. The number of fused-ring (bicyclic) bond motifs is 2. The van der Waals surface area contributed by atoms with E-state index in [1.807, 2.05) is 12.1 Å². The molecule has 25 heavy (non-hydrogen) atoms. The van der Waals surface area contributed by atoms with E-state index in [9.17, 15) is 13.2 Å². The van der Waals surface area contributed by atoms with Crippen LogP contribution in [0.3, 0.4) is 0 Å². The monoisotopic (exact) mass is 345 g/mol. The molecule has 7 heteroatoms. The van der Waals surface area contributed by atoms with Crippen molar-refractivity contribution in [1.82, 2.24) is 14.6 Å². The third-order valence-electron chi connectivity index (χ3n) is 4.97. The van der Waals surface area contributed by atoms with Gasteiger partial charge < -0.3 is 4.74 Å². The van der Waals surface area contributed by atoms with Crippen molar-refractivity contribution in [1.29, 1.82) is 0 Å². The summed E-state index contributed by atoms with van der Waals surface area (Å²) < 4.78 is 48.1. The van der Waals surface area contributed by atoms with Crippen LogP contribution in [-0.2, 0) is 12.8 Å². The van der Waals surface area contributed by atoms with Crippen LogP contribution in [-0.4, -0.2) is 27.1 Å². The zero-order valence-electron chi connectivity index (χ0n) is 13.2. The summed E-state index contributed by atoms with van der Waals surface area (Å²) in [6.07, 6.45) is 2.41. The molecule has 1 aromatic carbocycles. The predicted molar refractivity (Wildman–Crippen MR) is 84.3 cm³/mol. The van der Waals surface area contributed by atoms with Gasteiger partial charge in [-0.3, -0.25) is 4.40 Å². The van der Waals surface area contributed by atoms with Crippen LogP contribution < -0.4 is 4.74 Å². The fourth-order valence-electron chi connectivity index (χ4n) is 3.40. The molecule has 0 spiro atoms. The molecule has 0 radical (unpaired) electrons. The Bertz CT molecular complexity index is 999. The van der Waals surface area contributed by atoms with Crippen LogP contribution in [0, 0.1) is 11.7 Å². The van der Waals surface area contributed by atoms with Crippen molar-refractivity contribution in [2.45, 2.75) is 25.2 Å². The molecule has 2 aliphatic rings. The van der Waals surface area contributed by atoms with E-state index < -0.39 is 17.7 Å². The number of aromatic nitrogens is 3. The maximum Gasteiger partial charge on any atom is 0.252 e. The minimum absolute atomic E-state index is 0.0632. The fourth-order valence-corrected chi connectivity index (χ4v) is 3.40. The van der Waals surface area contributed by atoms with Crippen LogP contribution in [0.25, 0.3) is 16.8 Å². The van der Waals surface area contributed by atoms with Gasteiger partial charge in [-0.1, -0.05) is 6.07 Å². The Morgan fingerprint density at radius 2 is 2.08 bits per heavy atom. The average Bonchev–Trinajstić information content (AvgIpc) is 2.98. The first-order valence-corrected chi connectivity index (χ1v) is 8.19. The topological polar surface area (TPSA) is 39.4 Å². The molecule has 0 N–H and O–H groups in total. The second-order valence-corrected chi connectivity index (χ2v) is 6.64. The normalized spacial score (nSPS) is 20.5. The summed E-state index contributed by atoms with van der Waals surface area (Å²) in [5.74, 6) is -2.65. The molecule has 3 aromatic rings. The number of nitrogens with zero attached hydrogens (tertiary/aromatic N) is 3. The first kappa shape index (κ1) is 14.7. The van der Waals surface area contributed by atoms with Crippen LogP contribution >= 0.6 is 0 Å². The van der Waals surface area contributed by atoms with Gasteiger partial charge in [-0.25, -0.2) is 13.2 Å². The quantitative estimate of drug-likeness (QED) is 0.727. The third-order valence-corrected chi connectivity index (χ3v) is 4.97. The Morgan fingerprint density at radius 1 is 1.24 bits per heavy atom. The molecule has 1 fully saturated rings. The van der Waals surface area contributed by atoms with E-state index in [1.165, 1.54) is 4.40 Å². The van der Waals surface area contributed by atoms with E-state index in [0.29, 0.717) is 18.0 Å². The summed E-state index contributed by atoms with van der Waals surface area (Å²) >= 11 is 0. The molecule has 1 unspecified atom stereocenters. The second-order valence-electron chi connectivity index (χ2n) is 6.64. The molecule has 4 nitrogen and oxygen atoms in total. The molecule has 1 atom stereocenters. The zero-order chi connectivity index (χ0) is 17.2. The van der Waals surface area contributed by atoms with E-state index in [1.54, 1.807) is 18.3 Å². The maximum atomic E-state index is 14.9. The molecule has 0 saturated heterocycles. The minimum Gasteiger partial charge on any atom is -0.493 e. The largest absolute Gasteiger partial charge is 0.493 e. The summed E-state index contributed by atoms with van der Waals surface area (Å²) in [6, 6.07) is 7.20. The molecule has 128 valence electrons. The predicted octanol–water partition coefficient (Wildman–Crippen LogP) is 3.67. The van der Waals surface area contributed by atoms with E-state index in [0.717, 1.165) is 23.3 Å². The molecular formula is C18H14F3N3O. The molecule has 1 aliphatic heterocycles. The van der Waals surface area contributed by atoms with Gasteiger partial charge >= 0.3 is 0 Å². The zero-order valence-corrected chi connectivity index (χ0v) is 13.2. The summed E-state index contributed by atoms with van der Waals surface area (Å²) in [6.45, 7) is 0.639. The van der Waals surface area contributed by atoms with Gasteiger partial charge in [0.2, 0.25) is 0 Å². The van der Waals surface area contributed by atoms with Crippen molar-refractivity contribution < 1.29 is 17.9 Å². The van der Waals surface area contributed by atoms with Crippen LogP contribution in [0.4, 0.5) is 13.2 Å². The van der Waals surface area contributed by atoms with Gasteiger partial charge in [0.1, 0.15) is 11.6 Å². The van der Waals surface area contributed by atoms with Gasteiger partial charge in [0.05, 0.1) is 6.61 Å². The fraction of sp³-hybridized carbons (Fsp3) is 0.333. The van der Waals surface area contributed by atoms with Crippen molar-refractivity contribution >= 4 is 5.65 Å². The van der Waals surface area contributed by atoms with E-state index in [4.69, 9.17) is 4.74 Å². The van der Waals surface area contributed by atoms with Crippen molar-refractivity contribution in [3.05, 3.63) is 47.7 Å². The standard InChI is InChI=1S/C18H14F3N3O/c19-16-13(10-1-2-14-11(7-10)4-6-25-14)3-5-24-15(22-23-17(16)24)8-12-9-18(12,20)21/h1-3,5,7,12H,4,6,8-9H2. The van der Waals surface area contributed by atoms with Gasteiger partial charge in [0, 0.05) is 36.9 Å². The van der Waals surface area contributed by atoms with Gasteiger partial charge in [0.25, 0.3) is 5.92 Å². The number of rotatable bonds is 3. The number of ether oxygens (including phenoxy) is 1. The van der Waals surface area contributed by atoms with Crippen LogP contribution in [0.15, 0.2) is 30.5 Å². The smallest absolute Gasteiger partial charge is 0.252 e. The van der Waals surface area contributed by atoms with Crippen LogP contribution in [0.1, 0.15) is 17.8 Å². The van der Waals surface area contributed by atoms with E-state index >= 15 is 0 Å². The third kappa shape index (κ3) is 2.29. The SMILES string of the molecule is Fc1c(-c2ccc3c(c2)CCO3)ccn2c(CC3CC3(F)F)nnc12. The molecule has 2 aromatic heterocycles. The molecule has 3 heterocycles. The first-order valence-electron chi connectivity index (χ1n) is 8.19. The molecule has 0 bridgehead atoms. The van der Waals surface area contributed by atoms with E-state index in [-0.39, 0.29) is 18.5 Å². The molecule has 1 aliphatic carbocycles. The number of alkyl halides is 2. The number of hydrogen-bond donors (Lipinski definition) is 0. The molecule has 1 saturated carbocycles. The maximum absolute atomic E-state index is 14.9. The first-order chi connectivity index (χ1) is 12.0. The Morgan fingerprint density at radius 3 is 2.88 bits per heavy atom. The Kier molecular flexibility index (Phi) is 2.93. The summed E-state index contributed by atoms with van der Waals surface area (Å²) in [4.78, 5) is 0. The molecule has 5 rings (SSSR count). The summed E-state index contributed by atoms with van der Waals surface area (Å²) in [5, 5.41) is 7.79. The van der Waals surface area contributed by atoms with Gasteiger partial charge in [-0.2, -0.15) is 0 Å². The second kappa shape index (κ2) is 4.97. The number of hydrogen-bond acceptors (Lipinski definition) is 3. The lowest BCUT2D eigenvalue weighted by Gasteiger charge is -2.07. The highest BCUT2D eigenvalue weighted by molar-refractivity contribution is 5.70. The highest BCUT2D eigenvalue weighted by Crippen LogP contribution is 2.50. The van der Waals surface area contributed by atoms with Gasteiger partial charge in [-0.05, 0) is 29.3 Å². The Balaban J connectivity index is 1.54. The number of benzene rings is 1. The lowest BCUT2D eigenvalue weighted by molar-refractivity contribution is 0.0984. The van der Waals surface area contributed by atoms with Crippen LogP contribution in [0.5, 0.6) is 5.75 Å². The van der Waals surface area contributed by atoms with Crippen molar-refractivity contribution in [2.75, 3.05) is 6.61 Å². The number of pyridine rings is 1. The number of halogens is 3. The highest BCUT2D eigenvalue weighted by Gasteiger charge is 2.56. The van der Waals surface area contributed by atoms with E-state index in [2.05, 4.69) is 10.2 Å². The molecule has 0 amide bonds. The lowest BCUT2D eigenvalue weighted by atomic mass is 10.0. The van der Waals surface area contributed by atoms with Gasteiger partial charge in [-0.15, -0.1) is 10.2 Å². The molecular weight excluding hydrogens is 331 g/mol. The Hall–Kier alpha value is -2.57. The van der Waals surface area contributed by atoms with Crippen molar-refractivity contribution in [3.8, 4) is 16.9 Å². The lowest BCUT2D eigenvalue weighted by Crippen LogP contribution is -2.02. The summed E-state index contributed by atoms with van der Waals surface area (Å²) in [7, 11) is 0.